The van der Waals surface area contributed by atoms with Crippen molar-refractivity contribution in [2.45, 2.75) is 58.4 Å². The number of hydrogen-bond donors (Lipinski definition) is 1. The van der Waals surface area contributed by atoms with Gasteiger partial charge < -0.3 is 5.32 Å². The SMILES string of the molecule is CCCCCCCC(C)Nc1cc(F)cc(Cl)c1. The van der Waals surface area contributed by atoms with E-state index in [1.54, 1.807) is 6.07 Å². The first-order valence-corrected chi connectivity index (χ1v) is 7.22. The van der Waals surface area contributed by atoms with Crippen molar-refractivity contribution in [3.63, 3.8) is 0 Å². The van der Waals surface area contributed by atoms with Gasteiger partial charge in [-0.2, -0.15) is 0 Å². The van der Waals surface area contributed by atoms with E-state index < -0.39 is 0 Å². The van der Waals surface area contributed by atoms with Gasteiger partial charge in [0.25, 0.3) is 0 Å². The molecule has 0 saturated carbocycles. The van der Waals surface area contributed by atoms with Gasteiger partial charge in [0.15, 0.2) is 0 Å². The maximum atomic E-state index is 13.1. The fraction of sp³-hybridized carbons (Fsp3) is 0.600. The van der Waals surface area contributed by atoms with Crippen LogP contribution in [0.1, 0.15) is 52.4 Å². The van der Waals surface area contributed by atoms with Gasteiger partial charge in [0.1, 0.15) is 5.82 Å². The van der Waals surface area contributed by atoms with Crippen molar-refractivity contribution in [2.75, 3.05) is 5.32 Å². The third kappa shape index (κ3) is 6.25. The van der Waals surface area contributed by atoms with Crippen LogP contribution >= 0.6 is 11.6 Å². The van der Waals surface area contributed by atoms with Crippen molar-refractivity contribution < 1.29 is 4.39 Å². The van der Waals surface area contributed by atoms with Gasteiger partial charge in [-0.25, -0.2) is 4.39 Å². The van der Waals surface area contributed by atoms with Gasteiger partial charge in [-0.3, -0.25) is 0 Å². The van der Waals surface area contributed by atoms with E-state index in [2.05, 4.69) is 19.2 Å². The zero-order chi connectivity index (χ0) is 13.4. The molecule has 0 fully saturated rings. The lowest BCUT2D eigenvalue weighted by Gasteiger charge is -2.15. The molecule has 0 saturated heterocycles. The van der Waals surface area contributed by atoms with E-state index in [0.29, 0.717) is 11.1 Å². The largest absolute Gasteiger partial charge is 0.382 e. The average molecular weight is 272 g/mol. The monoisotopic (exact) mass is 271 g/mol. The molecule has 0 bridgehead atoms. The second-order valence-electron chi connectivity index (χ2n) is 4.91. The van der Waals surface area contributed by atoms with Gasteiger partial charge in [-0.05, 0) is 31.5 Å². The summed E-state index contributed by atoms with van der Waals surface area (Å²) >= 11 is 5.82. The lowest BCUT2D eigenvalue weighted by Crippen LogP contribution is -2.14. The van der Waals surface area contributed by atoms with Crippen LogP contribution in [-0.4, -0.2) is 6.04 Å². The Morgan fingerprint density at radius 1 is 1.17 bits per heavy atom. The fourth-order valence-corrected chi connectivity index (χ4v) is 2.27. The number of hydrogen-bond acceptors (Lipinski definition) is 1. The molecule has 1 N–H and O–H groups in total. The first-order chi connectivity index (χ1) is 8.61. The van der Waals surface area contributed by atoms with Crippen LogP contribution in [0, 0.1) is 5.82 Å². The Bertz CT molecular complexity index is 334. The lowest BCUT2D eigenvalue weighted by atomic mass is 10.1. The van der Waals surface area contributed by atoms with Crippen molar-refractivity contribution in [1.29, 1.82) is 0 Å². The molecule has 1 rings (SSSR count). The summed E-state index contributed by atoms with van der Waals surface area (Å²) < 4.78 is 13.1. The van der Waals surface area contributed by atoms with Gasteiger partial charge in [-0.1, -0.05) is 50.6 Å². The summed E-state index contributed by atoms with van der Waals surface area (Å²) in [7, 11) is 0. The molecule has 1 nitrogen and oxygen atoms in total. The molecule has 18 heavy (non-hydrogen) atoms. The summed E-state index contributed by atoms with van der Waals surface area (Å²) in [4.78, 5) is 0. The second kappa shape index (κ2) is 8.36. The Hall–Kier alpha value is -0.760. The van der Waals surface area contributed by atoms with Crippen LogP contribution in [0.4, 0.5) is 10.1 Å². The van der Waals surface area contributed by atoms with Crippen LogP contribution < -0.4 is 5.32 Å². The minimum absolute atomic E-state index is 0.292. The highest BCUT2D eigenvalue weighted by Crippen LogP contribution is 2.19. The van der Waals surface area contributed by atoms with E-state index in [9.17, 15) is 4.39 Å². The molecule has 0 aliphatic heterocycles. The molecule has 0 aliphatic rings. The zero-order valence-electron chi connectivity index (χ0n) is 11.3. The number of unbranched alkanes of at least 4 members (excludes halogenated alkanes) is 4. The minimum Gasteiger partial charge on any atom is -0.382 e. The maximum Gasteiger partial charge on any atom is 0.126 e. The molecule has 0 amide bonds. The highest BCUT2D eigenvalue weighted by molar-refractivity contribution is 6.30. The molecule has 0 heterocycles. The lowest BCUT2D eigenvalue weighted by molar-refractivity contribution is 0.578. The summed E-state index contributed by atoms with van der Waals surface area (Å²) in [5.74, 6) is -0.292. The molecule has 1 unspecified atom stereocenters. The Morgan fingerprint density at radius 3 is 2.56 bits per heavy atom. The summed E-state index contributed by atoms with van der Waals surface area (Å²) in [6, 6.07) is 4.92. The minimum atomic E-state index is -0.292. The van der Waals surface area contributed by atoms with Gasteiger partial charge >= 0.3 is 0 Å². The Labute approximate surface area is 115 Å². The molecule has 0 spiro atoms. The second-order valence-corrected chi connectivity index (χ2v) is 5.34. The highest BCUT2D eigenvalue weighted by atomic mass is 35.5. The standard InChI is InChI=1S/C15H23ClFN/c1-3-4-5-6-7-8-12(2)18-15-10-13(16)9-14(17)11-15/h9-12,18H,3-8H2,1-2H3. The summed E-state index contributed by atoms with van der Waals surface area (Å²) in [6.45, 7) is 4.34. The normalized spacial score (nSPS) is 12.4. The predicted molar refractivity (Wildman–Crippen MR) is 77.9 cm³/mol. The van der Waals surface area contributed by atoms with Crippen LogP contribution in [0.25, 0.3) is 0 Å². The summed E-state index contributed by atoms with van der Waals surface area (Å²) in [6.07, 6.45) is 7.52. The van der Waals surface area contributed by atoms with Crippen molar-refractivity contribution in [1.82, 2.24) is 0 Å². The quantitative estimate of drug-likeness (QED) is 0.603. The molecule has 1 aromatic rings. The maximum absolute atomic E-state index is 13.1. The van der Waals surface area contributed by atoms with Crippen molar-refractivity contribution in [3.05, 3.63) is 29.0 Å². The van der Waals surface area contributed by atoms with Gasteiger partial charge in [0, 0.05) is 16.8 Å². The molecular formula is C15H23ClFN. The van der Waals surface area contributed by atoms with E-state index in [1.807, 2.05) is 0 Å². The Balaban J connectivity index is 2.28. The highest BCUT2D eigenvalue weighted by Gasteiger charge is 2.04. The summed E-state index contributed by atoms with van der Waals surface area (Å²) in [5.41, 5.74) is 0.765. The topological polar surface area (TPSA) is 12.0 Å². The number of nitrogens with one attached hydrogen (secondary N) is 1. The smallest absolute Gasteiger partial charge is 0.126 e. The van der Waals surface area contributed by atoms with E-state index in [-0.39, 0.29) is 5.82 Å². The summed E-state index contributed by atoms with van der Waals surface area (Å²) in [5, 5.41) is 3.73. The predicted octanol–water partition coefficient (Wildman–Crippen LogP) is 5.64. The molecule has 102 valence electrons. The van der Waals surface area contributed by atoms with Crippen molar-refractivity contribution >= 4 is 17.3 Å². The molecular weight excluding hydrogens is 249 g/mol. The first-order valence-electron chi connectivity index (χ1n) is 6.84. The number of rotatable bonds is 8. The van der Waals surface area contributed by atoms with Gasteiger partial charge in [0.05, 0.1) is 0 Å². The van der Waals surface area contributed by atoms with E-state index in [0.717, 1.165) is 12.1 Å². The van der Waals surface area contributed by atoms with Crippen LogP contribution in [-0.2, 0) is 0 Å². The third-order valence-electron chi connectivity index (χ3n) is 3.02. The molecule has 0 aliphatic carbocycles. The zero-order valence-corrected chi connectivity index (χ0v) is 12.1. The van der Waals surface area contributed by atoms with Crippen LogP contribution in [0.15, 0.2) is 18.2 Å². The van der Waals surface area contributed by atoms with Crippen LogP contribution in [0.3, 0.4) is 0 Å². The van der Waals surface area contributed by atoms with Crippen LogP contribution in [0.2, 0.25) is 5.02 Å². The van der Waals surface area contributed by atoms with E-state index in [1.165, 1.54) is 44.2 Å². The fourth-order valence-electron chi connectivity index (χ4n) is 2.05. The Kier molecular flexibility index (Phi) is 7.11. The molecule has 1 atom stereocenters. The van der Waals surface area contributed by atoms with Gasteiger partial charge in [-0.15, -0.1) is 0 Å². The van der Waals surface area contributed by atoms with Crippen molar-refractivity contribution in [2.24, 2.45) is 0 Å². The van der Waals surface area contributed by atoms with Crippen LogP contribution in [0.5, 0.6) is 0 Å². The molecule has 0 radical (unpaired) electrons. The van der Waals surface area contributed by atoms with Gasteiger partial charge in [0.2, 0.25) is 0 Å². The molecule has 0 aromatic heterocycles. The average Bonchev–Trinajstić information content (AvgIpc) is 2.27. The van der Waals surface area contributed by atoms with Crippen molar-refractivity contribution in [3.8, 4) is 0 Å². The Morgan fingerprint density at radius 2 is 1.89 bits per heavy atom. The van der Waals surface area contributed by atoms with E-state index in [4.69, 9.17) is 11.6 Å². The third-order valence-corrected chi connectivity index (χ3v) is 3.23. The number of benzene rings is 1. The first kappa shape index (κ1) is 15.3. The number of halogens is 2. The molecule has 1 aromatic carbocycles. The van der Waals surface area contributed by atoms with E-state index >= 15 is 0 Å². The molecule has 3 heteroatoms. The number of anilines is 1.